The number of nitrogens with one attached hydrogen (secondary N) is 1. The normalized spacial score (nSPS) is 11.2. The molecule has 1 heterocycles. The Kier molecular flexibility index (Phi) is 1.93. The van der Waals surface area contributed by atoms with Crippen molar-refractivity contribution in [3.05, 3.63) is 18.3 Å². The molecule has 0 bridgehead atoms. The van der Waals surface area contributed by atoms with Gasteiger partial charge in [0.25, 0.3) is 5.88 Å². The summed E-state index contributed by atoms with van der Waals surface area (Å²) in [6.07, 6.45) is -3.30. The van der Waals surface area contributed by atoms with E-state index >= 15 is 0 Å². The van der Waals surface area contributed by atoms with Gasteiger partial charge in [-0.1, -0.05) is 0 Å². The number of rotatable bonds is 1. The average Bonchev–Trinajstić information content (AvgIpc) is 1.85. The molecule has 1 N–H and O–H groups in total. The molecule has 11 heavy (non-hydrogen) atoms. The van der Waals surface area contributed by atoms with Crippen molar-refractivity contribution < 1.29 is 23.0 Å². The summed E-state index contributed by atoms with van der Waals surface area (Å²) in [5.74, 6) is -0.500. The lowest BCUT2D eigenvalue weighted by atomic mass is 10.6. The van der Waals surface area contributed by atoms with Gasteiger partial charge in [0.05, 0.1) is 0 Å². The van der Waals surface area contributed by atoms with E-state index in [-0.39, 0.29) is 0 Å². The second-order valence-corrected chi connectivity index (χ2v) is 1.65. The predicted octanol–water partition coefficient (Wildman–Crippen LogP) is 0.794. The maximum Gasteiger partial charge on any atom is 0.574 e. The van der Waals surface area contributed by atoms with Gasteiger partial charge in [-0.25, -0.2) is 0 Å². The summed E-state index contributed by atoms with van der Waals surface area (Å²) in [6.45, 7) is 0. The zero-order chi connectivity index (χ0) is 8.32. The standard InChI is InChI=1S/C5H3F3N2O/c6-5(7,8)11-4-2-1-3-9-10-4/h1-3H/p+1. The first kappa shape index (κ1) is 7.77. The molecule has 1 aromatic rings. The number of nitrogens with zero attached hydrogens (tertiary/aromatic N) is 1. The fraction of sp³-hybridized carbons (Fsp3) is 0.200. The van der Waals surface area contributed by atoms with Gasteiger partial charge in [0.15, 0.2) is 6.20 Å². The van der Waals surface area contributed by atoms with E-state index in [1.807, 2.05) is 0 Å². The Morgan fingerprint density at radius 2 is 2.18 bits per heavy atom. The van der Waals surface area contributed by atoms with Gasteiger partial charge in [0.2, 0.25) is 0 Å². The molecular weight excluding hydrogens is 161 g/mol. The first-order valence-corrected chi connectivity index (χ1v) is 2.67. The van der Waals surface area contributed by atoms with Crippen LogP contribution >= 0.6 is 0 Å². The van der Waals surface area contributed by atoms with E-state index in [1.54, 1.807) is 0 Å². The molecule has 0 radical (unpaired) electrons. The Bertz CT molecular complexity index is 223. The minimum atomic E-state index is -4.68. The van der Waals surface area contributed by atoms with E-state index in [0.717, 1.165) is 6.07 Å². The molecule has 3 nitrogen and oxygen atoms in total. The van der Waals surface area contributed by atoms with Crippen molar-refractivity contribution in [1.82, 2.24) is 5.10 Å². The third kappa shape index (κ3) is 2.83. The van der Waals surface area contributed by atoms with Crippen molar-refractivity contribution in [3.63, 3.8) is 0 Å². The fourth-order valence-corrected chi connectivity index (χ4v) is 0.487. The van der Waals surface area contributed by atoms with Gasteiger partial charge in [-0.05, 0) is 0 Å². The van der Waals surface area contributed by atoms with Gasteiger partial charge in [-0.15, -0.1) is 18.3 Å². The summed E-state index contributed by atoms with van der Waals surface area (Å²) in [7, 11) is 0. The van der Waals surface area contributed by atoms with Gasteiger partial charge in [-0.2, -0.15) is 0 Å². The number of ether oxygens (including phenoxy) is 1. The van der Waals surface area contributed by atoms with Crippen LogP contribution in [0.5, 0.6) is 5.88 Å². The number of alkyl halides is 3. The zero-order valence-electron chi connectivity index (χ0n) is 5.22. The highest BCUT2D eigenvalue weighted by Gasteiger charge is 2.32. The number of hydrogen-bond acceptors (Lipinski definition) is 2. The largest absolute Gasteiger partial charge is 0.574 e. The molecule has 0 atom stereocenters. The van der Waals surface area contributed by atoms with Crippen LogP contribution < -0.4 is 9.84 Å². The monoisotopic (exact) mass is 165 g/mol. The summed E-state index contributed by atoms with van der Waals surface area (Å²) in [5, 5.41) is 5.41. The average molecular weight is 165 g/mol. The molecule has 0 spiro atoms. The molecule has 0 aliphatic heterocycles. The number of hydrogen-bond donors (Lipinski definition) is 0. The summed E-state index contributed by atoms with van der Waals surface area (Å²) in [4.78, 5) is 0. The minimum Gasteiger partial charge on any atom is -0.382 e. The van der Waals surface area contributed by atoms with Crippen LogP contribution in [-0.2, 0) is 0 Å². The van der Waals surface area contributed by atoms with Crippen molar-refractivity contribution in [2.45, 2.75) is 6.36 Å². The van der Waals surface area contributed by atoms with Crippen LogP contribution in [-0.4, -0.2) is 11.5 Å². The third-order valence-electron chi connectivity index (χ3n) is 0.805. The van der Waals surface area contributed by atoms with Crippen LogP contribution in [0.1, 0.15) is 0 Å². The van der Waals surface area contributed by atoms with Crippen molar-refractivity contribution in [3.8, 4) is 5.88 Å². The Balaban J connectivity index is 2.66. The lowest BCUT2D eigenvalue weighted by Gasteiger charge is -2.03. The first-order chi connectivity index (χ1) is 5.08. The summed E-state index contributed by atoms with van der Waals surface area (Å²) in [6, 6.07) is 2.46. The van der Waals surface area contributed by atoms with E-state index in [4.69, 9.17) is 0 Å². The molecule has 0 fully saturated rings. The number of H-pyrrole nitrogens is 1. The molecule has 0 saturated carbocycles. The molecule has 0 unspecified atom stereocenters. The molecule has 0 saturated heterocycles. The molecule has 6 heteroatoms. The number of halogens is 3. The van der Waals surface area contributed by atoms with Crippen LogP contribution in [0.3, 0.4) is 0 Å². The maximum atomic E-state index is 11.5. The Labute approximate surface area is 59.8 Å². The molecule has 1 aromatic heterocycles. The van der Waals surface area contributed by atoms with Gasteiger partial charge in [0, 0.05) is 17.2 Å². The van der Waals surface area contributed by atoms with E-state index in [0.29, 0.717) is 0 Å². The quantitative estimate of drug-likeness (QED) is 0.616. The van der Waals surface area contributed by atoms with Gasteiger partial charge >= 0.3 is 6.36 Å². The van der Waals surface area contributed by atoms with Gasteiger partial charge in [-0.3, -0.25) is 0 Å². The Morgan fingerprint density at radius 1 is 1.45 bits per heavy atom. The van der Waals surface area contributed by atoms with Crippen LogP contribution in [0.4, 0.5) is 13.2 Å². The zero-order valence-corrected chi connectivity index (χ0v) is 5.22. The van der Waals surface area contributed by atoms with Crippen molar-refractivity contribution in [2.24, 2.45) is 0 Å². The van der Waals surface area contributed by atoms with Crippen molar-refractivity contribution in [1.29, 1.82) is 0 Å². The van der Waals surface area contributed by atoms with E-state index in [9.17, 15) is 13.2 Å². The van der Waals surface area contributed by atoms with Crippen LogP contribution in [0, 0.1) is 0 Å². The summed E-state index contributed by atoms with van der Waals surface area (Å²) < 4.78 is 37.9. The van der Waals surface area contributed by atoms with E-state index < -0.39 is 12.2 Å². The lowest BCUT2D eigenvalue weighted by Crippen LogP contribution is -2.20. The number of aromatic nitrogens is 2. The molecule has 1 rings (SSSR count). The van der Waals surface area contributed by atoms with Crippen LogP contribution in [0.25, 0.3) is 0 Å². The Morgan fingerprint density at radius 3 is 2.64 bits per heavy atom. The highest BCUT2D eigenvalue weighted by molar-refractivity contribution is 5.03. The summed E-state index contributed by atoms with van der Waals surface area (Å²) >= 11 is 0. The Hall–Kier alpha value is -1.33. The fourth-order valence-electron chi connectivity index (χ4n) is 0.487. The van der Waals surface area contributed by atoms with Gasteiger partial charge in [0.1, 0.15) is 0 Å². The predicted molar refractivity (Wildman–Crippen MR) is 27.5 cm³/mol. The topological polar surface area (TPSA) is 36.3 Å². The molecule has 0 aliphatic rings. The second-order valence-electron chi connectivity index (χ2n) is 1.65. The van der Waals surface area contributed by atoms with Crippen molar-refractivity contribution >= 4 is 0 Å². The number of aromatic amines is 1. The highest BCUT2D eigenvalue weighted by atomic mass is 19.4. The summed E-state index contributed by atoms with van der Waals surface area (Å²) in [5.41, 5.74) is 0. The van der Waals surface area contributed by atoms with Crippen molar-refractivity contribution in [2.75, 3.05) is 0 Å². The highest BCUT2D eigenvalue weighted by Crippen LogP contribution is 2.18. The molecule has 0 aliphatic carbocycles. The smallest absolute Gasteiger partial charge is 0.382 e. The second kappa shape index (κ2) is 2.73. The maximum absolute atomic E-state index is 11.5. The molecule has 0 aromatic carbocycles. The molecule has 60 valence electrons. The third-order valence-corrected chi connectivity index (χ3v) is 0.805. The van der Waals surface area contributed by atoms with E-state index in [2.05, 4.69) is 14.9 Å². The first-order valence-electron chi connectivity index (χ1n) is 2.67. The molecule has 0 amide bonds. The lowest BCUT2D eigenvalue weighted by molar-refractivity contribution is -0.459. The SMILES string of the molecule is FC(F)(F)Oc1ccc[nH+]n1. The van der Waals surface area contributed by atoms with Gasteiger partial charge < -0.3 is 4.74 Å². The molecular formula is C5H4F3N2O+. The van der Waals surface area contributed by atoms with Crippen LogP contribution in [0.2, 0.25) is 0 Å². The van der Waals surface area contributed by atoms with E-state index in [1.165, 1.54) is 12.3 Å². The van der Waals surface area contributed by atoms with Crippen LogP contribution in [0.15, 0.2) is 18.3 Å². The minimum absolute atomic E-state index is 0.500.